The van der Waals surface area contributed by atoms with Crippen LogP contribution in [0, 0.1) is 0 Å². The minimum atomic E-state index is -0.283. The van der Waals surface area contributed by atoms with Crippen LogP contribution in [0.1, 0.15) is 25.3 Å². The number of nitrogens with one attached hydrogen (secondary N) is 2. The van der Waals surface area contributed by atoms with Gasteiger partial charge in [-0.25, -0.2) is 5.43 Å². The minimum Gasteiger partial charge on any atom is -0.324 e. The molecule has 0 saturated carbocycles. The Kier molecular flexibility index (Phi) is 7.63. The number of nitrogens with zero attached hydrogens (tertiary/aromatic N) is 1. The molecule has 7 heteroatoms. The van der Waals surface area contributed by atoms with Gasteiger partial charge < -0.3 is 5.32 Å². The number of aryl methyl sites for hydroxylation is 1. The van der Waals surface area contributed by atoms with Crippen LogP contribution < -0.4 is 10.7 Å². The van der Waals surface area contributed by atoms with Gasteiger partial charge in [0.05, 0.1) is 17.1 Å². The fourth-order valence-corrected chi connectivity index (χ4v) is 2.63. The molecule has 0 aliphatic carbocycles. The van der Waals surface area contributed by atoms with Gasteiger partial charge in [-0.2, -0.15) is 5.10 Å². The number of rotatable bonds is 7. The lowest BCUT2D eigenvalue weighted by molar-refractivity contribution is -0.121. The summed E-state index contributed by atoms with van der Waals surface area (Å²) in [5, 5.41) is 7.48. The number of carbonyl (C=O) groups is 2. The van der Waals surface area contributed by atoms with E-state index in [-0.39, 0.29) is 18.2 Å². The van der Waals surface area contributed by atoms with Crippen LogP contribution in [-0.4, -0.2) is 17.5 Å². The number of amides is 2. The summed E-state index contributed by atoms with van der Waals surface area (Å²) < 4.78 is 0. The van der Waals surface area contributed by atoms with Gasteiger partial charge in [0.25, 0.3) is 0 Å². The Labute approximate surface area is 162 Å². The Balaban J connectivity index is 1.77. The maximum atomic E-state index is 12.0. The van der Waals surface area contributed by atoms with E-state index in [0.29, 0.717) is 34.3 Å². The van der Waals surface area contributed by atoms with Crippen molar-refractivity contribution in [2.75, 3.05) is 5.32 Å². The number of carbonyl (C=O) groups excluding carboxylic acids is 2. The Morgan fingerprint density at radius 3 is 2.46 bits per heavy atom. The predicted octanol–water partition coefficient (Wildman–Crippen LogP) is 4.45. The zero-order chi connectivity index (χ0) is 18.9. The molecular formula is C19H19Cl2N3O2. The number of benzene rings is 2. The van der Waals surface area contributed by atoms with E-state index in [1.165, 1.54) is 0 Å². The molecule has 0 radical (unpaired) electrons. The van der Waals surface area contributed by atoms with Gasteiger partial charge in [-0.1, -0.05) is 53.5 Å². The first kappa shape index (κ1) is 19.9. The van der Waals surface area contributed by atoms with Crippen LogP contribution >= 0.6 is 23.2 Å². The van der Waals surface area contributed by atoms with Crippen LogP contribution in [0.2, 0.25) is 10.0 Å². The van der Waals surface area contributed by atoms with Crippen molar-refractivity contribution >= 4 is 46.4 Å². The first-order valence-electron chi connectivity index (χ1n) is 8.05. The lowest BCUT2D eigenvalue weighted by Gasteiger charge is -2.07. The molecule has 2 aromatic rings. The second kappa shape index (κ2) is 9.94. The average Bonchev–Trinajstić information content (AvgIpc) is 2.61. The SMILES string of the molecule is C/C(CC(=O)Nc1ccc(Cl)cc1Cl)=N\NC(=O)CCc1ccccc1. The van der Waals surface area contributed by atoms with Crippen molar-refractivity contribution in [3.8, 4) is 0 Å². The molecular weight excluding hydrogens is 373 g/mol. The number of hydrogen-bond acceptors (Lipinski definition) is 3. The van der Waals surface area contributed by atoms with E-state index in [1.54, 1.807) is 25.1 Å². The van der Waals surface area contributed by atoms with E-state index in [9.17, 15) is 9.59 Å². The van der Waals surface area contributed by atoms with Gasteiger partial charge in [0, 0.05) is 17.2 Å². The summed E-state index contributed by atoms with van der Waals surface area (Å²) in [6, 6.07) is 14.5. The largest absolute Gasteiger partial charge is 0.324 e. The Bertz CT molecular complexity index is 808. The summed E-state index contributed by atoms with van der Waals surface area (Å²) in [4.78, 5) is 23.8. The average molecular weight is 392 g/mol. The molecule has 136 valence electrons. The maximum Gasteiger partial charge on any atom is 0.240 e. The summed E-state index contributed by atoms with van der Waals surface area (Å²) >= 11 is 11.8. The Morgan fingerprint density at radius 2 is 1.77 bits per heavy atom. The standard InChI is InChI=1S/C19H19Cl2N3O2/c1-13(11-19(26)22-17-9-8-15(20)12-16(17)21)23-24-18(25)10-7-14-5-3-2-4-6-14/h2-6,8-9,12H,7,10-11H2,1H3,(H,22,26)(H,24,25)/b23-13+. The topological polar surface area (TPSA) is 70.6 Å². The van der Waals surface area contributed by atoms with Gasteiger partial charge in [-0.15, -0.1) is 0 Å². The van der Waals surface area contributed by atoms with Crippen molar-refractivity contribution in [3.63, 3.8) is 0 Å². The zero-order valence-electron chi connectivity index (χ0n) is 14.3. The third-order valence-corrected chi connectivity index (χ3v) is 4.02. The summed E-state index contributed by atoms with van der Waals surface area (Å²) in [7, 11) is 0. The molecule has 2 aromatic carbocycles. The molecule has 2 N–H and O–H groups in total. The summed E-state index contributed by atoms with van der Waals surface area (Å²) in [5.74, 6) is -0.483. The molecule has 0 aliphatic heterocycles. The second-order valence-electron chi connectivity index (χ2n) is 5.72. The van der Waals surface area contributed by atoms with E-state index in [2.05, 4.69) is 15.8 Å². The normalized spacial score (nSPS) is 11.1. The zero-order valence-corrected chi connectivity index (χ0v) is 15.8. The highest BCUT2D eigenvalue weighted by molar-refractivity contribution is 6.36. The highest BCUT2D eigenvalue weighted by Crippen LogP contribution is 2.25. The van der Waals surface area contributed by atoms with Gasteiger partial charge in [-0.05, 0) is 37.1 Å². The lowest BCUT2D eigenvalue weighted by Crippen LogP contribution is -2.21. The fourth-order valence-electron chi connectivity index (χ4n) is 2.17. The molecule has 5 nitrogen and oxygen atoms in total. The van der Waals surface area contributed by atoms with E-state index in [4.69, 9.17) is 23.2 Å². The van der Waals surface area contributed by atoms with E-state index in [1.807, 2.05) is 30.3 Å². The van der Waals surface area contributed by atoms with Crippen molar-refractivity contribution < 1.29 is 9.59 Å². The maximum absolute atomic E-state index is 12.0. The molecule has 0 aliphatic rings. The third-order valence-electron chi connectivity index (χ3n) is 3.48. The van der Waals surface area contributed by atoms with E-state index < -0.39 is 0 Å². The summed E-state index contributed by atoms with van der Waals surface area (Å²) in [5.41, 5.74) is 4.51. The summed E-state index contributed by atoms with van der Waals surface area (Å²) in [6.45, 7) is 1.67. The number of anilines is 1. The van der Waals surface area contributed by atoms with Crippen molar-refractivity contribution in [3.05, 3.63) is 64.1 Å². The van der Waals surface area contributed by atoms with Crippen molar-refractivity contribution in [2.45, 2.75) is 26.2 Å². The van der Waals surface area contributed by atoms with Gasteiger partial charge >= 0.3 is 0 Å². The fraction of sp³-hybridized carbons (Fsp3) is 0.211. The molecule has 0 bridgehead atoms. The first-order valence-corrected chi connectivity index (χ1v) is 8.80. The molecule has 2 amide bonds. The second-order valence-corrected chi connectivity index (χ2v) is 6.56. The first-order chi connectivity index (χ1) is 12.4. The summed E-state index contributed by atoms with van der Waals surface area (Å²) in [6.07, 6.45) is 1.00. The molecule has 0 spiro atoms. The smallest absolute Gasteiger partial charge is 0.240 e. The van der Waals surface area contributed by atoms with Crippen LogP contribution in [-0.2, 0) is 16.0 Å². The van der Waals surface area contributed by atoms with E-state index in [0.717, 1.165) is 5.56 Å². The molecule has 2 rings (SSSR count). The molecule has 0 fully saturated rings. The van der Waals surface area contributed by atoms with Crippen molar-refractivity contribution in [1.29, 1.82) is 0 Å². The quantitative estimate of drug-likeness (QED) is 0.540. The van der Waals surface area contributed by atoms with Gasteiger partial charge in [-0.3, -0.25) is 9.59 Å². The molecule has 0 aromatic heterocycles. The van der Waals surface area contributed by atoms with Crippen LogP contribution in [0.5, 0.6) is 0 Å². The molecule has 26 heavy (non-hydrogen) atoms. The highest BCUT2D eigenvalue weighted by atomic mass is 35.5. The molecule has 0 unspecified atom stereocenters. The van der Waals surface area contributed by atoms with Gasteiger partial charge in [0.2, 0.25) is 11.8 Å². The Hall–Kier alpha value is -2.37. The number of hydrazone groups is 1. The Morgan fingerprint density at radius 1 is 1.04 bits per heavy atom. The molecule has 0 saturated heterocycles. The van der Waals surface area contributed by atoms with Gasteiger partial charge in [0.1, 0.15) is 0 Å². The van der Waals surface area contributed by atoms with E-state index >= 15 is 0 Å². The van der Waals surface area contributed by atoms with Gasteiger partial charge in [0.15, 0.2) is 0 Å². The van der Waals surface area contributed by atoms with Crippen LogP contribution in [0.15, 0.2) is 53.6 Å². The monoisotopic (exact) mass is 391 g/mol. The lowest BCUT2D eigenvalue weighted by atomic mass is 10.1. The number of hydrogen-bond donors (Lipinski definition) is 2. The van der Waals surface area contributed by atoms with Crippen LogP contribution in [0.4, 0.5) is 5.69 Å². The minimum absolute atomic E-state index is 0.0396. The van der Waals surface area contributed by atoms with Crippen molar-refractivity contribution in [1.82, 2.24) is 5.43 Å². The van der Waals surface area contributed by atoms with Crippen molar-refractivity contribution in [2.24, 2.45) is 5.10 Å². The predicted molar refractivity (Wildman–Crippen MR) is 106 cm³/mol. The molecule has 0 heterocycles. The highest BCUT2D eigenvalue weighted by Gasteiger charge is 2.08. The number of halogens is 2. The van der Waals surface area contributed by atoms with Crippen LogP contribution in [0.3, 0.4) is 0 Å². The van der Waals surface area contributed by atoms with Crippen LogP contribution in [0.25, 0.3) is 0 Å². The third kappa shape index (κ3) is 6.86. The molecule has 0 atom stereocenters.